The van der Waals surface area contributed by atoms with Gasteiger partial charge in [0, 0.05) is 48.4 Å². The summed E-state index contributed by atoms with van der Waals surface area (Å²) in [6, 6.07) is 25.3. The number of ketones is 1. The third kappa shape index (κ3) is 5.33. The number of rotatable bonds is 6. The average molecular weight is 494 g/mol. The summed E-state index contributed by atoms with van der Waals surface area (Å²) in [6.45, 7) is 8.28. The summed E-state index contributed by atoms with van der Waals surface area (Å²) in [5.41, 5.74) is 4.89. The summed E-state index contributed by atoms with van der Waals surface area (Å²) in [5.74, 6) is 0.855. The molecular weight excluding hydrogens is 462 g/mol. The number of hydrogen-bond donors (Lipinski definition) is 0. The van der Waals surface area contributed by atoms with Gasteiger partial charge in [-0.3, -0.25) is 9.59 Å². The minimum absolute atomic E-state index is 0.0148. The third-order valence-electron chi connectivity index (χ3n) is 6.65. The predicted molar refractivity (Wildman–Crippen MR) is 148 cm³/mol. The van der Waals surface area contributed by atoms with Crippen molar-refractivity contribution in [2.75, 3.05) is 31.1 Å². The normalized spacial score (nSPS) is 13.7. The summed E-state index contributed by atoms with van der Waals surface area (Å²) in [4.78, 5) is 34.4. The van der Waals surface area contributed by atoms with Crippen molar-refractivity contribution in [1.29, 1.82) is 0 Å². The highest BCUT2D eigenvalue weighted by molar-refractivity contribution is 6.07. The van der Waals surface area contributed by atoms with E-state index in [4.69, 9.17) is 9.72 Å². The molecule has 1 amide bonds. The number of carbonyl (C=O) groups excluding carboxylic acids is 2. The number of piperazine rings is 1. The molecule has 0 bridgehead atoms. The molecule has 1 aliphatic rings. The van der Waals surface area contributed by atoms with E-state index in [0.29, 0.717) is 24.2 Å². The molecule has 1 saturated heterocycles. The van der Waals surface area contributed by atoms with E-state index >= 15 is 0 Å². The van der Waals surface area contributed by atoms with Gasteiger partial charge in [0.25, 0.3) is 5.91 Å². The molecule has 188 valence electrons. The molecule has 1 aliphatic heterocycles. The largest absolute Gasteiger partial charge is 0.491 e. The van der Waals surface area contributed by atoms with E-state index in [2.05, 4.69) is 4.90 Å². The molecule has 0 radical (unpaired) electrons. The Labute approximate surface area is 217 Å². The molecule has 1 aromatic heterocycles. The molecule has 6 heteroatoms. The number of carbonyl (C=O) groups is 2. The van der Waals surface area contributed by atoms with Crippen LogP contribution < -0.4 is 9.64 Å². The van der Waals surface area contributed by atoms with Crippen molar-refractivity contribution in [1.82, 2.24) is 9.88 Å². The maximum Gasteiger partial charge on any atom is 0.254 e. The van der Waals surface area contributed by atoms with Gasteiger partial charge in [-0.25, -0.2) is 4.98 Å². The number of amides is 1. The zero-order valence-corrected chi connectivity index (χ0v) is 21.5. The fourth-order valence-electron chi connectivity index (χ4n) is 4.75. The van der Waals surface area contributed by atoms with E-state index in [1.807, 2.05) is 97.6 Å². The number of hydrogen-bond acceptors (Lipinski definition) is 5. The van der Waals surface area contributed by atoms with Crippen LogP contribution in [0.25, 0.3) is 22.2 Å². The van der Waals surface area contributed by atoms with Crippen molar-refractivity contribution >= 4 is 28.3 Å². The lowest BCUT2D eigenvalue weighted by molar-refractivity contribution is 0.0748. The number of anilines is 1. The Morgan fingerprint density at radius 3 is 2.30 bits per heavy atom. The van der Waals surface area contributed by atoms with Gasteiger partial charge in [-0.05, 0) is 69.3 Å². The SMILES string of the molecule is CC(=O)c1ccc(N2CCN(C(=O)c3cc(-c4cccc(OC(C)C)c4)nc4ccccc34)CC2)cc1. The summed E-state index contributed by atoms with van der Waals surface area (Å²) >= 11 is 0. The predicted octanol–water partition coefficient (Wildman–Crippen LogP) is 5.85. The van der Waals surface area contributed by atoms with E-state index < -0.39 is 0 Å². The van der Waals surface area contributed by atoms with Crippen molar-refractivity contribution < 1.29 is 14.3 Å². The summed E-state index contributed by atoms with van der Waals surface area (Å²) < 4.78 is 5.88. The second-order valence-corrected chi connectivity index (χ2v) is 9.65. The lowest BCUT2D eigenvalue weighted by atomic mass is 10.0. The van der Waals surface area contributed by atoms with Gasteiger partial charge in [0.1, 0.15) is 5.75 Å². The highest BCUT2D eigenvalue weighted by atomic mass is 16.5. The first-order valence-corrected chi connectivity index (χ1v) is 12.7. The quantitative estimate of drug-likeness (QED) is 0.315. The Balaban J connectivity index is 1.39. The van der Waals surface area contributed by atoms with E-state index in [1.165, 1.54) is 0 Å². The van der Waals surface area contributed by atoms with E-state index in [-0.39, 0.29) is 17.8 Å². The van der Waals surface area contributed by atoms with Crippen molar-refractivity contribution in [2.24, 2.45) is 0 Å². The second-order valence-electron chi connectivity index (χ2n) is 9.65. The Bertz CT molecular complexity index is 1440. The second kappa shape index (κ2) is 10.4. The molecule has 0 saturated carbocycles. The van der Waals surface area contributed by atoms with Gasteiger partial charge in [0.2, 0.25) is 0 Å². The smallest absolute Gasteiger partial charge is 0.254 e. The first-order chi connectivity index (χ1) is 17.9. The minimum Gasteiger partial charge on any atom is -0.491 e. The van der Waals surface area contributed by atoms with Crippen LogP contribution in [0.5, 0.6) is 5.75 Å². The molecule has 0 unspecified atom stereocenters. The number of nitrogens with zero attached hydrogens (tertiary/aromatic N) is 3. The molecule has 6 nitrogen and oxygen atoms in total. The standard InChI is InChI=1S/C31H31N3O3/c1-21(2)37-26-8-6-7-24(19-26)30-20-28(27-9-4-5-10-29(27)32-30)31(36)34-17-15-33(16-18-34)25-13-11-23(12-14-25)22(3)35/h4-14,19-21H,15-18H2,1-3H3. The van der Waals surface area contributed by atoms with Gasteiger partial charge in [0.05, 0.1) is 22.9 Å². The fraction of sp³-hybridized carbons (Fsp3) is 0.258. The topological polar surface area (TPSA) is 62.7 Å². The number of para-hydroxylation sites is 1. The zero-order chi connectivity index (χ0) is 25.9. The van der Waals surface area contributed by atoms with Gasteiger partial charge in [-0.1, -0.05) is 30.3 Å². The number of benzene rings is 3. The van der Waals surface area contributed by atoms with Crippen LogP contribution in [-0.4, -0.2) is 53.9 Å². The van der Waals surface area contributed by atoms with Gasteiger partial charge >= 0.3 is 0 Å². The van der Waals surface area contributed by atoms with Crippen LogP contribution in [0.1, 0.15) is 41.5 Å². The molecule has 1 fully saturated rings. The lowest BCUT2D eigenvalue weighted by Gasteiger charge is -2.36. The average Bonchev–Trinajstić information content (AvgIpc) is 2.92. The van der Waals surface area contributed by atoms with E-state index in [0.717, 1.165) is 46.7 Å². The number of aromatic nitrogens is 1. The zero-order valence-electron chi connectivity index (χ0n) is 21.5. The molecule has 0 N–H and O–H groups in total. The number of Topliss-reactive ketones (excluding diaryl/α,β-unsaturated/α-hetero) is 1. The molecule has 0 spiro atoms. The molecule has 37 heavy (non-hydrogen) atoms. The molecule has 0 aliphatic carbocycles. The Hall–Kier alpha value is -4.19. The summed E-state index contributed by atoms with van der Waals surface area (Å²) in [6.07, 6.45) is 0.0719. The highest BCUT2D eigenvalue weighted by Gasteiger charge is 2.24. The van der Waals surface area contributed by atoms with E-state index in [1.54, 1.807) is 6.92 Å². The van der Waals surface area contributed by atoms with Crippen LogP contribution >= 0.6 is 0 Å². The van der Waals surface area contributed by atoms with Crippen LogP contribution in [0, 0.1) is 0 Å². The fourth-order valence-corrected chi connectivity index (χ4v) is 4.75. The van der Waals surface area contributed by atoms with Crippen molar-refractivity contribution in [3.05, 3.63) is 90.0 Å². The summed E-state index contributed by atoms with van der Waals surface area (Å²) in [7, 11) is 0. The van der Waals surface area contributed by atoms with E-state index in [9.17, 15) is 9.59 Å². The molecule has 5 rings (SSSR count). The molecular formula is C31H31N3O3. The van der Waals surface area contributed by atoms with Crippen molar-refractivity contribution in [3.8, 4) is 17.0 Å². The Morgan fingerprint density at radius 1 is 0.865 bits per heavy atom. The number of pyridine rings is 1. The number of fused-ring (bicyclic) bond motifs is 1. The van der Waals surface area contributed by atoms with Gasteiger partial charge in [-0.15, -0.1) is 0 Å². The van der Waals surface area contributed by atoms with Crippen LogP contribution in [0.4, 0.5) is 5.69 Å². The maximum atomic E-state index is 13.8. The number of ether oxygens (including phenoxy) is 1. The monoisotopic (exact) mass is 493 g/mol. The van der Waals surface area contributed by atoms with Crippen molar-refractivity contribution in [2.45, 2.75) is 26.9 Å². The van der Waals surface area contributed by atoms with Crippen LogP contribution in [0.2, 0.25) is 0 Å². The molecule has 2 heterocycles. The van der Waals surface area contributed by atoms with Crippen LogP contribution in [0.15, 0.2) is 78.9 Å². The Morgan fingerprint density at radius 2 is 1.59 bits per heavy atom. The molecule has 3 aromatic carbocycles. The Kier molecular flexibility index (Phi) is 6.91. The van der Waals surface area contributed by atoms with Crippen molar-refractivity contribution in [3.63, 3.8) is 0 Å². The van der Waals surface area contributed by atoms with Crippen LogP contribution in [0.3, 0.4) is 0 Å². The first-order valence-electron chi connectivity index (χ1n) is 12.7. The van der Waals surface area contributed by atoms with Gasteiger partial charge in [-0.2, -0.15) is 0 Å². The minimum atomic E-state index is 0.0148. The maximum absolute atomic E-state index is 13.8. The van der Waals surface area contributed by atoms with Gasteiger partial charge in [0.15, 0.2) is 5.78 Å². The van der Waals surface area contributed by atoms with Crippen LogP contribution in [-0.2, 0) is 0 Å². The van der Waals surface area contributed by atoms with Gasteiger partial charge < -0.3 is 14.5 Å². The highest BCUT2D eigenvalue weighted by Crippen LogP contribution is 2.29. The third-order valence-corrected chi connectivity index (χ3v) is 6.65. The lowest BCUT2D eigenvalue weighted by Crippen LogP contribution is -2.48. The molecule has 4 aromatic rings. The summed E-state index contributed by atoms with van der Waals surface area (Å²) in [5, 5.41) is 0.855. The first kappa shape index (κ1) is 24.5. The molecule has 0 atom stereocenters.